The first kappa shape index (κ1) is 18.0. The maximum atomic E-state index is 13.7. The summed E-state index contributed by atoms with van der Waals surface area (Å²) in [6.07, 6.45) is 5.16. The van der Waals surface area contributed by atoms with Crippen molar-refractivity contribution in [2.24, 2.45) is 0 Å². The Morgan fingerprint density at radius 3 is 2.52 bits per heavy atom. The number of nitrogens with zero attached hydrogens (tertiary/aromatic N) is 2. The highest BCUT2D eigenvalue weighted by Crippen LogP contribution is 2.48. The minimum atomic E-state index is -0.884. The zero-order valence-electron chi connectivity index (χ0n) is 16.3. The molecule has 2 aromatic carbocycles. The number of aryl methyl sites for hydroxylation is 1. The summed E-state index contributed by atoms with van der Waals surface area (Å²) in [6, 6.07) is 13.7. The van der Waals surface area contributed by atoms with Crippen molar-refractivity contribution >= 4 is 28.1 Å². The van der Waals surface area contributed by atoms with Crippen molar-refractivity contribution < 1.29 is 14.6 Å². The molecule has 1 fully saturated rings. The second-order valence-electron chi connectivity index (χ2n) is 7.99. The summed E-state index contributed by atoms with van der Waals surface area (Å²) in [5.41, 5.74) is 4.08. The molecule has 3 aromatic rings. The molecule has 0 amide bonds. The Morgan fingerprint density at radius 2 is 1.76 bits per heavy atom. The standard InChI is InChI=1S/C24H22N2O3/c1-15-3-2-4-16(13-15)21-22(17-5-6-19-20(14-17)26-12-11-25-19)29-24(23(21)28)9-7-18(27)8-10-24/h2-6,11-14,18,27H,7-10H2,1H3. The minimum absolute atomic E-state index is 0.0178. The van der Waals surface area contributed by atoms with E-state index in [0.717, 1.165) is 27.7 Å². The fourth-order valence-electron chi connectivity index (χ4n) is 4.39. The summed E-state index contributed by atoms with van der Waals surface area (Å²) in [6.45, 7) is 2.02. The number of aromatic nitrogens is 2. The van der Waals surface area contributed by atoms with E-state index in [1.54, 1.807) is 12.4 Å². The summed E-state index contributed by atoms with van der Waals surface area (Å²) >= 11 is 0. The van der Waals surface area contributed by atoms with Crippen LogP contribution in [0.25, 0.3) is 22.4 Å². The highest BCUT2D eigenvalue weighted by molar-refractivity contribution is 6.33. The molecule has 146 valence electrons. The third-order valence-corrected chi connectivity index (χ3v) is 5.97. The number of ketones is 1. The SMILES string of the molecule is Cc1cccc(C2=C(c3ccc4nccnc4c3)OC3(CCC(O)CC3)C2=O)c1. The predicted molar refractivity (Wildman–Crippen MR) is 111 cm³/mol. The first-order chi connectivity index (χ1) is 14.1. The van der Waals surface area contributed by atoms with E-state index in [4.69, 9.17) is 4.74 Å². The highest BCUT2D eigenvalue weighted by atomic mass is 16.5. The van der Waals surface area contributed by atoms with Gasteiger partial charge in [-0.15, -0.1) is 0 Å². The zero-order chi connectivity index (χ0) is 20.0. The quantitative estimate of drug-likeness (QED) is 0.718. The van der Waals surface area contributed by atoms with Crippen molar-refractivity contribution in [3.05, 3.63) is 71.5 Å². The molecule has 5 rings (SSSR count). The van der Waals surface area contributed by atoms with E-state index in [0.29, 0.717) is 37.0 Å². The molecular formula is C24H22N2O3. The van der Waals surface area contributed by atoms with Crippen molar-refractivity contribution in [3.63, 3.8) is 0 Å². The van der Waals surface area contributed by atoms with Gasteiger partial charge in [0.2, 0.25) is 5.78 Å². The topological polar surface area (TPSA) is 72.3 Å². The Bertz CT molecular complexity index is 1140. The van der Waals surface area contributed by atoms with E-state index in [9.17, 15) is 9.90 Å². The molecule has 2 heterocycles. The second kappa shape index (κ2) is 6.78. The number of carbonyl (C=O) groups is 1. The number of hydrogen-bond donors (Lipinski definition) is 1. The van der Waals surface area contributed by atoms with Crippen molar-refractivity contribution in [2.75, 3.05) is 0 Å². The van der Waals surface area contributed by atoms with Gasteiger partial charge < -0.3 is 9.84 Å². The van der Waals surface area contributed by atoms with E-state index in [-0.39, 0.29) is 11.9 Å². The van der Waals surface area contributed by atoms with E-state index in [1.165, 1.54) is 0 Å². The van der Waals surface area contributed by atoms with Gasteiger partial charge in [0.1, 0.15) is 5.76 Å². The average molecular weight is 386 g/mol. The van der Waals surface area contributed by atoms with Gasteiger partial charge in [-0.3, -0.25) is 14.8 Å². The van der Waals surface area contributed by atoms with Gasteiger partial charge in [0.15, 0.2) is 5.60 Å². The van der Waals surface area contributed by atoms with Crippen LogP contribution in [-0.4, -0.2) is 32.6 Å². The Hall–Kier alpha value is -3.05. The van der Waals surface area contributed by atoms with Crippen LogP contribution in [0.1, 0.15) is 42.4 Å². The first-order valence-corrected chi connectivity index (χ1v) is 10.0. The van der Waals surface area contributed by atoms with Crippen LogP contribution < -0.4 is 0 Å². The summed E-state index contributed by atoms with van der Waals surface area (Å²) in [7, 11) is 0. The van der Waals surface area contributed by atoms with Crippen LogP contribution in [0.5, 0.6) is 0 Å². The van der Waals surface area contributed by atoms with Gasteiger partial charge in [0, 0.05) is 18.0 Å². The number of aliphatic hydroxyl groups is 1. The molecule has 0 unspecified atom stereocenters. The van der Waals surface area contributed by atoms with Gasteiger partial charge in [0.25, 0.3) is 0 Å². The lowest BCUT2D eigenvalue weighted by molar-refractivity contribution is -0.132. The highest BCUT2D eigenvalue weighted by Gasteiger charge is 2.51. The van der Waals surface area contributed by atoms with Crippen LogP contribution in [0.15, 0.2) is 54.9 Å². The third-order valence-electron chi connectivity index (χ3n) is 5.97. The van der Waals surface area contributed by atoms with E-state index >= 15 is 0 Å². The molecule has 1 aromatic heterocycles. The number of aliphatic hydroxyl groups excluding tert-OH is 1. The number of carbonyl (C=O) groups excluding carboxylic acids is 1. The van der Waals surface area contributed by atoms with E-state index in [2.05, 4.69) is 9.97 Å². The molecule has 0 radical (unpaired) electrons. The summed E-state index contributed by atoms with van der Waals surface area (Å²) in [4.78, 5) is 22.4. The third kappa shape index (κ3) is 3.02. The van der Waals surface area contributed by atoms with Crippen LogP contribution in [0.3, 0.4) is 0 Å². The number of fused-ring (bicyclic) bond motifs is 1. The number of rotatable bonds is 2. The van der Waals surface area contributed by atoms with Gasteiger partial charge in [0.05, 0.1) is 22.7 Å². The van der Waals surface area contributed by atoms with Gasteiger partial charge >= 0.3 is 0 Å². The fourth-order valence-corrected chi connectivity index (χ4v) is 4.39. The van der Waals surface area contributed by atoms with Gasteiger partial charge in [-0.2, -0.15) is 0 Å². The zero-order valence-corrected chi connectivity index (χ0v) is 16.3. The molecule has 0 bridgehead atoms. The van der Waals surface area contributed by atoms with Crippen molar-refractivity contribution in [1.29, 1.82) is 0 Å². The molecule has 1 aliphatic heterocycles. The Balaban J connectivity index is 1.67. The van der Waals surface area contributed by atoms with E-state index in [1.807, 2.05) is 49.4 Å². The Labute approximate surface area is 169 Å². The van der Waals surface area contributed by atoms with Crippen LogP contribution in [-0.2, 0) is 9.53 Å². The molecule has 1 spiro atoms. The molecule has 1 aliphatic carbocycles. The normalized spacial score (nSPS) is 24.3. The fraction of sp³-hybridized carbons (Fsp3) is 0.292. The van der Waals surface area contributed by atoms with Gasteiger partial charge in [-0.05, 0) is 56.4 Å². The molecule has 0 atom stereocenters. The van der Waals surface area contributed by atoms with E-state index < -0.39 is 5.60 Å². The molecule has 5 heteroatoms. The number of Topliss-reactive ketones (excluding diaryl/α,β-unsaturated/α-hetero) is 1. The van der Waals surface area contributed by atoms with Crippen LogP contribution in [0.4, 0.5) is 0 Å². The lowest BCUT2D eigenvalue weighted by atomic mass is 9.78. The van der Waals surface area contributed by atoms with Crippen molar-refractivity contribution in [3.8, 4) is 0 Å². The average Bonchev–Trinajstić information content (AvgIpc) is 3.02. The number of hydrogen-bond acceptors (Lipinski definition) is 5. The van der Waals surface area contributed by atoms with Crippen molar-refractivity contribution in [1.82, 2.24) is 9.97 Å². The lowest BCUT2D eigenvalue weighted by Gasteiger charge is -2.34. The summed E-state index contributed by atoms with van der Waals surface area (Å²) in [5.74, 6) is 0.619. The van der Waals surface area contributed by atoms with Crippen molar-refractivity contribution in [2.45, 2.75) is 44.3 Å². The monoisotopic (exact) mass is 386 g/mol. The molecular weight excluding hydrogens is 364 g/mol. The lowest BCUT2D eigenvalue weighted by Crippen LogP contribution is -2.42. The largest absolute Gasteiger partial charge is 0.478 e. The molecule has 1 N–H and O–H groups in total. The molecule has 5 nitrogen and oxygen atoms in total. The molecule has 0 saturated heterocycles. The smallest absolute Gasteiger partial charge is 0.210 e. The van der Waals surface area contributed by atoms with Crippen LogP contribution >= 0.6 is 0 Å². The summed E-state index contributed by atoms with van der Waals surface area (Å²) in [5, 5.41) is 9.96. The summed E-state index contributed by atoms with van der Waals surface area (Å²) < 4.78 is 6.46. The maximum absolute atomic E-state index is 13.7. The minimum Gasteiger partial charge on any atom is -0.478 e. The predicted octanol–water partition coefficient (Wildman–Crippen LogP) is 4.08. The first-order valence-electron chi connectivity index (χ1n) is 10.0. The molecule has 1 saturated carbocycles. The van der Waals surface area contributed by atoms with Gasteiger partial charge in [-0.1, -0.05) is 29.8 Å². The maximum Gasteiger partial charge on any atom is 0.210 e. The van der Waals surface area contributed by atoms with Gasteiger partial charge in [-0.25, -0.2) is 0 Å². The Kier molecular flexibility index (Phi) is 4.21. The Morgan fingerprint density at radius 1 is 1.00 bits per heavy atom. The number of benzene rings is 2. The molecule has 2 aliphatic rings. The van der Waals surface area contributed by atoms with Crippen LogP contribution in [0.2, 0.25) is 0 Å². The number of ether oxygens (including phenoxy) is 1. The molecule has 29 heavy (non-hydrogen) atoms. The second-order valence-corrected chi connectivity index (χ2v) is 7.99. The van der Waals surface area contributed by atoms with Crippen LogP contribution in [0, 0.1) is 6.92 Å².